The highest BCUT2D eigenvalue weighted by Crippen LogP contribution is 2.32. The van der Waals surface area contributed by atoms with E-state index in [4.69, 9.17) is 14.0 Å². The quantitative estimate of drug-likeness (QED) is 0.403. The Morgan fingerprint density at radius 1 is 1.06 bits per heavy atom. The van der Waals surface area contributed by atoms with E-state index in [2.05, 4.69) is 27.6 Å². The number of thiophene rings is 1. The molecule has 1 N–H and O–H groups in total. The molecule has 0 fully saturated rings. The zero-order valence-corrected chi connectivity index (χ0v) is 18.6. The molecule has 7 nitrogen and oxygen atoms in total. The molecule has 1 amide bonds. The van der Waals surface area contributed by atoms with Gasteiger partial charge in [-0.05, 0) is 41.1 Å². The van der Waals surface area contributed by atoms with Gasteiger partial charge in [0.2, 0.25) is 5.82 Å². The molecule has 0 aliphatic carbocycles. The van der Waals surface area contributed by atoms with Crippen molar-refractivity contribution in [2.24, 2.45) is 0 Å². The second-order valence-electron chi connectivity index (χ2n) is 7.11. The zero-order chi connectivity index (χ0) is 22.3. The van der Waals surface area contributed by atoms with E-state index >= 15 is 0 Å². The molecule has 0 unspecified atom stereocenters. The van der Waals surface area contributed by atoms with Crippen LogP contribution in [0.4, 0.5) is 0 Å². The number of carbonyl (C=O) groups excluding carboxylic acids is 1. The second kappa shape index (κ2) is 10.1. The van der Waals surface area contributed by atoms with Crippen molar-refractivity contribution in [3.63, 3.8) is 0 Å². The number of methoxy groups -OCH3 is 2. The fraction of sp³-hybridized carbons (Fsp3) is 0.208. The lowest BCUT2D eigenvalue weighted by Crippen LogP contribution is -2.29. The van der Waals surface area contributed by atoms with Gasteiger partial charge in [0.1, 0.15) is 0 Å². The number of carbonyl (C=O) groups is 1. The highest BCUT2D eigenvalue weighted by molar-refractivity contribution is 7.13. The van der Waals surface area contributed by atoms with Gasteiger partial charge in [-0.1, -0.05) is 47.6 Å². The van der Waals surface area contributed by atoms with E-state index in [-0.39, 0.29) is 11.8 Å². The van der Waals surface area contributed by atoms with Gasteiger partial charge in [-0.3, -0.25) is 4.79 Å². The molecule has 8 heteroatoms. The van der Waals surface area contributed by atoms with Crippen LogP contribution in [0.3, 0.4) is 0 Å². The molecule has 1 atom stereocenters. The first-order valence-electron chi connectivity index (χ1n) is 10.1. The summed E-state index contributed by atoms with van der Waals surface area (Å²) in [7, 11) is 3.21. The Balaban J connectivity index is 1.52. The summed E-state index contributed by atoms with van der Waals surface area (Å²) in [4.78, 5) is 17.8. The van der Waals surface area contributed by atoms with Gasteiger partial charge in [0.25, 0.3) is 0 Å². The highest BCUT2D eigenvalue weighted by atomic mass is 32.1. The zero-order valence-electron chi connectivity index (χ0n) is 17.8. The van der Waals surface area contributed by atoms with Crippen molar-refractivity contribution < 1.29 is 18.8 Å². The largest absolute Gasteiger partial charge is 0.493 e. The minimum Gasteiger partial charge on any atom is -0.493 e. The standard InChI is InChI=1S/C24H23N3O4S/c1-29-19-11-10-17(14-20(19)30-2)18(13-16-7-4-3-5-8-16)15-25-23(28)24-26-22(27-31-24)21-9-6-12-32-21/h3-12,14,18H,13,15H2,1-2H3,(H,25,28)/t18-/m1/s1. The van der Waals surface area contributed by atoms with Crippen LogP contribution in [0.15, 0.2) is 70.6 Å². The number of benzene rings is 2. The molecule has 0 radical (unpaired) electrons. The van der Waals surface area contributed by atoms with E-state index in [0.29, 0.717) is 23.9 Å². The van der Waals surface area contributed by atoms with E-state index in [1.807, 2.05) is 53.9 Å². The van der Waals surface area contributed by atoms with Gasteiger partial charge in [0.05, 0.1) is 19.1 Å². The van der Waals surface area contributed by atoms with Gasteiger partial charge in [0.15, 0.2) is 11.5 Å². The first-order chi connectivity index (χ1) is 15.7. The van der Waals surface area contributed by atoms with Crippen LogP contribution >= 0.6 is 11.3 Å². The van der Waals surface area contributed by atoms with Crippen LogP contribution in [-0.2, 0) is 6.42 Å². The summed E-state index contributed by atoms with van der Waals surface area (Å²) in [5.74, 6) is 1.25. The van der Waals surface area contributed by atoms with Crippen molar-refractivity contribution in [3.05, 3.63) is 83.1 Å². The molecule has 32 heavy (non-hydrogen) atoms. The van der Waals surface area contributed by atoms with Crippen molar-refractivity contribution in [3.8, 4) is 22.2 Å². The van der Waals surface area contributed by atoms with Gasteiger partial charge in [-0.25, -0.2) is 0 Å². The molecule has 0 spiro atoms. The van der Waals surface area contributed by atoms with Crippen molar-refractivity contribution in [1.29, 1.82) is 0 Å². The maximum atomic E-state index is 12.7. The molecular formula is C24H23N3O4S. The number of hydrogen-bond donors (Lipinski definition) is 1. The molecule has 164 valence electrons. The predicted octanol–water partition coefficient (Wildman–Crippen LogP) is 4.57. The summed E-state index contributed by atoms with van der Waals surface area (Å²) in [6.07, 6.45) is 0.737. The fourth-order valence-electron chi connectivity index (χ4n) is 3.43. The van der Waals surface area contributed by atoms with Crippen molar-refractivity contribution in [2.45, 2.75) is 12.3 Å². The SMILES string of the molecule is COc1ccc([C@@H](CNC(=O)c2nc(-c3cccs3)no2)Cc2ccccc2)cc1OC. The molecule has 0 bridgehead atoms. The molecule has 0 saturated carbocycles. The maximum Gasteiger partial charge on any atom is 0.316 e. The monoisotopic (exact) mass is 449 g/mol. The van der Waals surface area contributed by atoms with Crippen LogP contribution in [-0.4, -0.2) is 36.8 Å². The van der Waals surface area contributed by atoms with Crippen molar-refractivity contribution in [2.75, 3.05) is 20.8 Å². The number of aromatic nitrogens is 2. The molecule has 2 aromatic heterocycles. The summed E-state index contributed by atoms with van der Waals surface area (Å²) in [6.45, 7) is 0.389. The highest BCUT2D eigenvalue weighted by Gasteiger charge is 2.20. The van der Waals surface area contributed by atoms with Crippen LogP contribution < -0.4 is 14.8 Å². The summed E-state index contributed by atoms with van der Waals surface area (Å²) in [5.41, 5.74) is 2.19. The van der Waals surface area contributed by atoms with Crippen molar-refractivity contribution >= 4 is 17.2 Å². The lowest BCUT2D eigenvalue weighted by molar-refractivity contribution is 0.0907. The van der Waals surface area contributed by atoms with Gasteiger partial charge < -0.3 is 19.3 Å². The number of nitrogens with one attached hydrogen (secondary N) is 1. The van der Waals surface area contributed by atoms with E-state index in [1.54, 1.807) is 14.2 Å². The third-order valence-electron chi connectivity index (χ3n) is 5.07. The Labute approximate surface area is 190 Å². The number of amides is 1. The summed E-state index contributed by atoms with van der Waals surface area (Å²) in [6, 6.07) is 19.7. The summed E-state index contributed by atoms with van der Waals surface area (Å²) >= 11 is 1.49. The van der Waals surface area contributed by atoms with Gasteiger partial charge in [-0.15, -0.1) is 11.3 Å². The first-order valence-corrected chi connectivity index (χ1v) is 11.0. The minimum absolute atomic E-state index is 0.000781. The van der Waals surface area contributed by atoms with Crippen LogP contribution in [0.2, 0.25) is 0 Å². The normalized spacial score (nSPS) is 11.7. The molecule has 2 heterocycles. The van der Waals surface area contributed by atoms with Gasteiger partial charge in [0, 0.05) is 12.5 Å². The first kappa shape index (κ1) is 21.6. The molecule has 4 rings (SSSR count). The van der Waals surface area contributed by atoms with Gasteiger partial charge >= 0.3 is 11.8 Å². The van der Waals surface area contributed by atoms with Crippen molar-refractivity contribution in [1.82, 2.24) is 15.5 Å². The molecule has 0 saturated heterocycles. The Morgan fingerprint density at radius 2 is 1.88 bits per heavy atom. The Kier molecular flexibility index (Phi) is 6.81. The molecule has 0 aliphatic heterocycles. The van der Waals surface area contributed by atoms with Crippen LogP contribution in [0.1, 0.15) is 27.7 Å². The molecule has 4 aromatic rings. The summed E-state index contributed by atoms with van der Waals surface area (Å²) < 4.78 is 16.0. The Bertz CT molecular complexity index is 1160. The number of nitrogens with zero attached hydrogens (tertiary/aromatic N) is 2. The predicted molar refractivity (Wildman–Crippen MR) is 122 cm³/mol. The lowest BCUT2D eigenvalue weighted by Gasteiger charge is -2.19. The number of rotatable bonds is 9. The average molecular weight is 450 g/mol. The topological polar surface area (TPSA) is 86.5 Å². The van der Waals surface area contributed by atoms with Crippen LogP contribution in [0.5, 0.6) is 11.5 Å². The molecular weight excluding hydrogens is 426 g/mol. The number of hydrogen-bond acceptors (Lipinski definition) is 7. The number of ether oxygens (including phenoxy) is 2. The maximum absolute atomic E-state index is 12.7. The lowest BCUT2D eigenvalue weighted by atomic mass is 9.91. The fourth-order valence-corrected chi connectivity index (χ4v) is 4.08. The smallest absolute Gasteiger partial charge is 0.316 e. The second-order valence-corrected chi connectivity index (χ2v) is 8.06. The Hall–Kier alpha value is -3.65. The van der Waals surface area contributed by atoms with E-state index in [9.17, 15) is 4.79 Å². The Morgan fingerprint density at radius 3 is 2.59 bits per heavy atom. The van der Waals surface area contributed by atoms with Gasteiger partial charge in [-0.2, -0.15) is 4.98 Å². The third kappa shape index (κ3) is 4.97. The van der Waals surface area contributed by atoms with Crippen LogP contribution in [0.25, 0.3) is 10.7 Å². The van der Waals surface area contributed by atoms with Crippen LogP contribution in [0, 0.1) is 0 Å². The third-order valence-corrected chi connectivity index (χ3v) is 5.94. The van der Waals surface area contributed by atoms with E-state index < -0.39 is 5.91 Å². The minimum atomic E-state index is -0.404. The van der Waals surface area contributed by atoms with E-state index in [0.717, 1.165) is 16.9 Å². The average Bonchev–Trinajstić information content (AvgIpc) is 3.54. The van der Waals surface area contributed by atoms with E-state index in [1.165, 1.54) is 16.9 Å². The summed E-state index contributed by atoms with van der Waals surface area (Å²) in [5, 5.41) is 8.77. The molecule has 0 aliphatic rings. The molecule has 2 aromatic carbocycles.